The summed E-state index contributed by atoms with van der Waals surface area (Å²) >= 11 is 0. The molecule has 0 bridgehead atoms. The van der Waals surface area contributed by atoms with Crippen molar-refractivity contribution in [1.82, 2.24) is 0 Å². The molecular formula is C59H100O14. The van der Waals surface area contributed by atoms with Gasteiger partial charge in [-0.05, 0) is 83.5 Å². The van der Waals surface area contributed by atoms with Gasteiger partial charge in [0.1, 0.15) is 54.9 Å². The fraction of sp³-hybridized carbons (Fsp3) is 0.746. The minimum Gasteiger partial charge on any atom is -0.457 e. The van der Waals surface area contributed by atoms with Crippen LogP contribution in [0, 0.1) is 0 Å². The molecule has 0 aromatic carbocycles. The monoisotopic (exact) mass is 1030 g/mol. The molecule has 0 aromatic rings. The Kier molecular flexibility index (Phi) is 41.2. The van der Waals surface area contributed by atoms with Crippen molar-refractivity contribution in [2.45, 2.75) is 248 Å². The number of hydrogen-bond donors (Lipinski definition) is 7. The van der Waals surface area contributed by atoms with Crippen molar-refractivity contribution in [3.63, 3.8) is 0 Å². The van der Waals surface area contributed by atoms with E-state index in [0.29, 0.717) is 13.0 Å². The van der Waals surface area contributed by atoms with Crippen molar-refractivity contribution in [3.8, 4) is 0 Å². The minimum absolute atomic E-state index is 0.0464. The molecular weight excluding hydrogens is 933 g/mol. The van der Waals surface area contributed by atoms with Gasteiger partial charge in [-0.15, -0.1) is 0 Å². The fourth-order valence-electron chi connectivity index (χ4n) is 8.41. The van der Waals surface area contributed by atoms with Crippen molar-refractivity contribution in [2.75, 3.05) is 33.0 Å². The van der Waals surface area contributed by atoms with E-state index in [9.17, 15) is 40.5 Å². The SMILES string of the molecule is CC/C=C\C/C=C\C/C=C\C/C=C\CCCCCCCCCCCCC(=O)OC(COCCCCCCCC/C=C\C/C=C\C/C=C\CC)COC1OC(COC2OC(CO)C(O)C(O)C2O)C(O)C(O)C1O. The van der Waals surface area contributed by atoms with Crippen molar-refractivity contribution in [1.29, 1.82) is 0 Å². The van der Waals surface area contributed by atoms with Gasteiger partial charge in [0.25, 0.3) is 0 Å². The third-order valence-corrected chi connectivity index (χ3v) is 12.9. The number of aliphatic hydroxyl groups excluding tert-OH is 7. The maximum Gasteiger partial charge on any atom is 0.306 e. The van der Waals surface area contributed by atoms with Gasteiger partial charge in [0.15, 0.2) is 12.6 Å². The quantitative estimate of drug-likeness (QED) is 0.0172. The molecule has 7 N–H and O–H groups in total. The molecule has 2 heterocycles. The van der Waals surface area contributed by atoms with E-state index in [-0.39, 0.29) is 25.6 Å². The van der Waals surface area contributed by atoms with Crippen LogP contribution in [-0.4, -0.2) is 142 Å². The lowest BCUT2D eigenvalue weighted by atomic mass is 9.98. The predicted octanol–water partition coefficient (Wildman–Crippen LogP) is 9.63. The lowest BCUT2D eigenvalue weighted by Gasteiger charge is -2.42. The molecule has 14 heteroatoms. The number of esters is 1. The Hall–Kier alpha value is -2.83. The molecule has 0 amide bonds. The normalized spacial score (nSPS) is 25.6. The lowest BCUT2D eigenvalue weighted by molar-refractivity contribution is -0.332. The molecule has 2 aliphatic heterocycles. The van der Waals surface area contributed by atoms with E-state index in [0.717, 1.165) is 103 Å². The van der Waals surface area contributed by atoms with E-state index in [4.69, 9.17) is 28.4 Å². The highest BCUT2D eigenvalue weighted by atomic mass is 16.7. The van der Waals surface area contributed by atoms with Crippen LogP contribution in [0.15, 0.2) is 85.1 Å². The molecule has 420 valence electrons. The van der Waals surface area contributed by atoms with Crippen LogP contribution in [0.3, 0.4) is 0 Å². The molecule has 2 saturated heterocycles. The van der Waals surface area contributed by atoms with Crippen LogP contribution < -0.4 is 0 Å². The van der Waals surface area contributed by atoms with Gasteiger partial charge < -0.3 is 64.2 Å². The number of hydrogen-bond acceptors (Lipinski definition) is 14. The zero-order chi connectivity index (χ0) is 53.0. The lowest BCUT2D eigenvalue weighted by Crippen LogP contribution is -2.61. The Balaban J connectivity index is 1.72. The summed E-state index contributed by atoms with van der Waals surface area (Å²) < 4.78 is 34.3. The first-order valence-corrected chi connectivity index (χ1v) is 28.2. The summed E-state index contributed by atoms with van der Waals surface area (Å²) in [4.78, 5) is 13.1. The van der Waals surface area contributed by atoms with Gasteiger partial charge in [-0.2, -0.15) is 0 Å². The number of aliphatic hydroxyl groups is 7. The number of carbonyl (C=O) groups is 1. The third-order valence-electron chi connectivity index (χ3n) is 12.9. The summed E-state index contributed by atoms with van der Waals surface area (Å²) in [6.45, 7) is 3.42. The van der Waals surface area contributed by atoms with Crippen molar-refractivity contribution in [3.05, 3.63) is 85.1 Å². The molecule has 2 fully saturated rings. The first-order valence-electron chi connectivity index (χ1n) is 28.2. The maximum absolute atomic E-state index is 13.1. The fourth-order valence-corrected chi connectivity index (χ4v) is 8.41. The average molecular weight is 1030 g/mol. The van der Waals surface area contributed by atoms with Crippen molar-refractivity contribution in [2.24, 2.45) is 0 Å². The number of unbranched alkanes of at least 4 members (excludes halogenated alkanes) is 16. The Bertz CT molecular complexity index is 1530. The molecule has 11 atom stereocenters. The highest BCUT2D eigenvalue weighted by Crippen LogP contribution is 2.26. The molecule has 2 rings (SSSR count). The zero-order valence-corrected chi connectivity index (χ0v) is 44.8. The zero-order valence-electron chi connectivity index (χ0n) is 44.8. The highest BCUT2D eigenvalue weighted by Gasteiger charge is 2.47. The molecule has 0 spiro atoms. The molecule has 73 heavy (non-hydrogen) atoms. The molecule has 0 aliphatic carbocycles. The predicted molar refractivity (Wildman–Crippen MR) is 288 cm³/mol. The van der Waals surface area contributed by atoms with E-state index in [1.54, 1.807) is 0 Å². The topological polar surface area (TPSA) is 214 Å². The minimum atomic E-state index is -1.71. The van der Waals surface area contributed by atoms with E-state index in [1.165, 1.54) is 51.4 Å². The van der Waals surface area contributed by atoms with Gasteiger partial charge in [-0.1, -0.05) is 176 Å². The average Bonchev–Trinajstić information content (AvgIpc) is 3.39. The Morgan fingerprint density at radius 3 is 1.33 bits per heavy atom. The number of carbonyl (C=O) groups excluding carboxylic acids is 1. The van der Waals surface area contributed by atoms with Crippen molar-refractivity contribution >= 4 is 5.97 Å². The van der Waals surface area contributed by atoms with Crippen LogP contribution in [0.2, 0.25) is 0 Å². The van der Waals surface area contributed by atoms with Crippen LogP contribution in [0.4, 0.5) is 0 Å². The van der Waals surface area contributed by atoms with Crippen LogP contribution in [0.1, 0.15) is 181 Å². The van der Waals surface area contributed by atoms with E-state index >= 15 is 0 Å². The number of ether oxygens (including phenoxy) is 6. The van der Waals surface area contributed by atoms with E-state index in [2.05, 4.69) is 98.9 Å². The second-order valence-electron chi connectivity index (χ2n) is 19.3. The van der Waals surface area contributed by atoms with Gasteiger partial charge in [-0.3, -0.25) is 4.79 Å². The molecule has 0 saturated carbocycles. The summed E-state index contributed by atoms with van der Waals surface area (Å²) in [5.41, 5.74) is 0. The van der Waals surface area contributed by atoms with Crippen molar-refractivity contribution < 1.29 is 69.0 Å². The van der Waals surface area contributed by atoms with E-state index < -0.39 is 80.7 Å². The summed E-state index contributed by atoms with van der Waals surface area (Å²) in [5.74, 6) is -0.389. The van der Waals surface area contributed by atoms with Gasteiger partial charge in [0.05, 0.1) is 26.4 Å². The molecule has 11 unspecified atom stereocenters. The molecule has 0 aromatic heterocycles. The van der Waals surface area contributed by atoms with Gasteiger partial charge in [0, 0.05) is 13.0 Å². The summed E-state index contributed by atoms with van der Waals surface area (Å²) in [7, 11) is 0. The van der Waals surface area contributed by atoms with Crippen LogP contribution >= 0.6 is 0 Å². The first kappa shape index (κ1) is 66.3. The number of rotatable bonds is 44. The van der Waals surface area contributed by atoms with Crippen LogP contribution in [-0.2, 0) is 33.2 Å². The summed E-state index contributed by atoms with van der Waals surface area (Å²) in [5, 5.41) is 72.3. The first-order chi connectivity index (χ1) is 35.6. The Morgan fingerprint density at radius 2 is 0.849 bits per heavy atom. The summed E-state index contributed by atoms with van der Waals surface area (Å²) in [6.07, 6.45) is 42.1. The van der Waals surface area contributed by atoms with Gasteiger partial charge >= 0.3 is 5.97 Å². The van der Waals surface area contributed by atoms with E-state index in [1.807, 2.05) is 0 Å². The van der Waals surface area contributed by atoms with Crippen LogP contribution in [0.5, 0.6) is 0 Å². The molecule has 0 radical (unpaired) electrons. The van der Waals surface area contributed by atoms with Gasteiger partial charge in [-0.25, -0.2) is 0 Å². The van der Waals surface area contributed by atoms with Crippen LogP contribution in [0.25, 0.3) is 0 Å². The second kappa shape index (κ2) is 45.4. The second-order valence-corrected chi connectivity index (χ2v) is 19.3. The van der Waals surface area contributed by atoms with Gasteiger partial charge in [0.2, 0.25) is 0 Å². The number of allylic oxidation sites excluding steroid dienone is 14. The molecule has 2 aliphatic rings. The highest BCUT2D eigenvalue weighted by molar-refractivity contribution is 5.69. The largest absolute Gasteiger partial charge is 0.457 e. The third kappa shape index (κ3) is 32.4. The smallest absolute Gasteiger partial charge is 0.306 e. The standard InChI is InChI=1S/C59H100O14/c1-3-5-7-9-11-13-15-17-19-21-22-23-24-25-26-27-28-30-32-34-36-38-40-42-51(61)71-48(45-68-43-41-39-37-35-33-31-29-20-18-16-14-12-10-8-6-4-2)46-69-58-57(67)55(65)53(63)50(73-58)47-70-59-56(66)54(64)52(62)49(44-60)72-59/h5-8,11-14,17-20,22-23,48-50,52-60,62-67H,3-4,9-10,15-16,21,24-47H2,1-2H3/b7-5-,8-6-,13-11-,14-12-,19-17-,20-18-,23-22-. The maximum atomic E-state index is 13.1. The Morgan fingerprint density at radius 1 is 0.452 bits per heavy atom. The Labute approximate surface area is 439 Å². The summed E-state index contributed by atoms with van der Waals surface area (Å²) in [6, 6.07) is 0. The molecule has 14 nitrogen and oxygen atoms in total.